The van der Waals surface area contributed by atoms with Crippen LogP contribution in [0.5, 0.6) is 0 Å². The van der Waals surface area contributed by atoms with Crippen LogP contribution in [0.2, 0.25) is 0 Å². The highest BCUT2D eigenvalue weighted by Gasteiger charge is 2.12. The summed E-state index contributed by atoms with van der Waals surface area (Å²) in [6.07, 6.45) is 1.80. The minimum Gasteiger partial charge on any atom is -0.353 e. The molecule has 1 heterocycles. The van der Waals surface area contributed by atoms with Crippen LogP contribution in [0.25, 0.3) is 0 Å². The molecule has 34 valence electrons. The fourth-order valence-corrected chi connectivity index (χ4v) is 0.712. The van der Waals surface area contributed by atoms with E-state index < -0.39 is 0 Å². The molecule has 1 aliphatic rings. The summed E-state index contributed by atoms with van der Waals surface area (Å²) in [4.78, 5) is 0. The first-order valence-corrected chi connectivity index (χ1v) is 2.84. The summed E-state index contributed by atoms with van der Waals surface area (Å²) in [5.74, 6) is 0.844. The number of ether oxygens (including phenoxy) is 1. The van der Waals surface area contributed by atoms with E-state index in [-0.39, 0.29) is 0 Å². The third kappa shape index (κ3) is 0.581. The van der Waals surface area contributed by atoms with Crippen molar-refractivity contribution in [1.29, 1.82) is 0 Å². The summed E-state index contributed by atoms with van der Waals surface area (Å²) >= 11 is 1.77. The number of hydrogen-bond donors (Lipinski definition) is 0. The van der Waals surface area contributed by atoms with Crippen LogP contribution in [0.1, 0.15) is 0 Å². The van der Waals surface area contributed by atoms with Gasteiger partial charge in [0.15, 0.2) is 0 Å². The molecule has 0 aliphatic carbocycles. The lowest BCUT2D eigenvalue weighted by Gasteiger charge is -2.21. The molecular weight excluding hydrogens is 96.1 g/mol. The highest BCUT2D eigenvalue weighted by molar-refractivity contribution is 8.00. The van der Waals surface area contributed by atoms with Gasteiger partial charge in [-0.3, -0.25) is 0 Å². The van der Waals surface area contributed by atoms with Crippen LogP contribution in [0.3, 0.4) is 0 Å². The molecule has 1 atom stereocenters. The third-order valence-electron chi connectivity index (χ3n) is 0.657. The van der Waals surface area contributed by atoms with Crippen LogP contribution >= 0.6 is 11.8 Å². The Bertz CT molecular complexity index is 58.6. The maximum Gasteiger partial charge on any atom is 0.124 e. The minimum absolute atomic E-state index is 0.296. The van der Waals surface area contributed by atoms with Gasteiger partial charge in [-0.05, 0) is 0 Å². The molecule has 0 aromatic carbocycles. The first kappa shape index (κ1) is 4.22. The fourth-order valence-electron chi connectivity index (χ4n) is 0.283. The zero-order chi connectivity index (χ0) is 4.41. The van der Waals surface area contributed by atoms with Gasteiger partial charge < -0.3 is 4.74 Å². The highest BCUT2D eigenvalue weighted by atomic mass is 32.2. The standard InChI is InChI=1S/C4H6OS/c1-2-4-5-3-6-4/h2,4H,1,3H2. The Morgan fingerprint density at radius 1 is 2.00 bits per heavy atom. The molecule has 0 radical (unpaired) electrons. The van der Waals surface area contributed by atoms with Crippen molar-refractivity contribution in [3.8, 4) is 0 Å². The summed E-state index contributed by atoms with van der Waals surface area (Å²) < 4.78 is 4.92. The first-order valence-electron chi connectivity index (χ1n) is 1.79. The largest absolute Gasteiger partial charge is 0.353 e. The van der Waals surface area contributed by atoms with E-state index in [2.05, 4.69) is 6.58 Å². The van der Waals surface area contributed by atoms with Gasteiger partial charge in [0.2, 0.25) is 0 Å². The Labute approximate surface area is 41.4 Å². The van der Waals surface area contributed by atoms with Crippen molar-refractivity contribution < 1.29 is 4.74 Å². The first-order chi connectivity index (χ1) is 2.93. The van der Waals surface area contributed by atoms with Gasteiger partial charge in [0.05, 0.1) is 5.94 Å². The molecule has 1 aliphatic heterocycles. The molecule has 2 heteroatoms. The minimum atomic E-state index is 0.296. The molecule has 0 aromatic rings. The van der Waals surface area contributed by atoms with Gasteiger partial charge in [0, 0.05) is 0 Å². The van der Waals surface area contributed by atoms with Gasteiger partial charge in [-0.1, -0.05) is 24.4 Å². The van der Waals surface area contributed by atoms with Crippen molar-refractivity contribution in [2.24, 2.45) is 0 Å². The normalized spacial score (nSPS) is 31.7. The third-order valence-corrected chi connectivity index (χ3v) is 1.59. The van der Waals surface area contributed by atoms with Crippen LogP contribution in [0.4, 0.5) is 0 Å². The second kappa shape index (κ2) is 1.67. The van der Waals surface area contributed by atoms with Crippen molar-refractivity contribution in [2.75, 3.05) is 5.94 Å². The number of thioether (sulfide) groups is 1. The molecule has 0 aromatic heterocycles. The molecule has 0 spiro atoms. The second-order valence-corrected chi connectivity index (χ2v) is 2.09. The molecule has 1 nitrogen and oxygen atoms in total. The Morgan fingerprint density at radius 3 is 2.67 bits per heavy atom. The fraction of sp³-hybridized carbons (Fsp3) is 0.500. The maximum absolute atomic E-state index is 4.92. The van der Waals surface area contributed by atoms with Crippen molar-refractivity contribution in [2.45, 2.75) is 5.44 Å². The van der Waals surface area contributed by atoms with Crippen LogP contribution in [-0.2, 0) is 4.74 Å². The SMILES string of the molecule is C=CC1OCS1. The molecular formula is C4H6OS. The Kier molecular flexibility index (Phi) is 1.17. The lowest BCUT2D eigenvalue weighted by Crippen LogP contribution is -2.15. The number of rotatable bonds is 1. The van der Waals surface area contributed by atoms with E-state index in [0.717, 1.165) is 5.94 Å². The van der Waals surface area contributed by atoms with Gasteiger partial charge in [-0.25, -0.2) is 0 Å². The predicted octanol–water partition coefficient (Wildman–Crippen LogP) is 1.22. The highest BCUT2D eigenvalue weighted by Crippen LogP contribution is 2.23. The van der Waals surface area contributed by atoms with E-state index in [1.165, 1.54) is 0 Å². The lowest BCUT2D eigenvalue weighted by molar-refractivity contribution is 0.156. The Morgan fingerprint density at radius 2 is 2.67 bits per heavy atom. The molecule has 1 fully saturated rings. The van der Waals surface area contributed by atoms with E-state index in [0.29, 0.717) is 5.44 Å². The van der Waals surface area contributed by atoms with E-state index in [1.54, 1.807) is 17.8 Å². The van der Waals surface area contributed by atoms with Crippen LogP contribution < -0.4 is 0 Å². The van der Waals surface area contributed by atoms with Crippen molar-refractivity contribution in [3.63, 3.8) is 0 Å². The number of hydrogen-bond acceptors (Lipinski definition) is 2. The van der Waals surface area contributed by atoms with Crippen LogP contribution in [-0.4, -0.2) is 11.4 Å². The van der Waals surface area contributed by atoms with Gasteiger partial charge in [0.1, 0.15) is 5.44 Å². The zero-order valence-corrected chi connectivity index (χ0v) is 4.20. The molecule has 1 unspecified atom stereocenters. The molecule has 1 saturated heterocycles. The Hall–Kier alpha value is 0.0500. The average Bonchev–Trinajstić information content (AvgIpc) is 1.31. The summed E-state index contributed by atoms with van der Waals surface area (Å²) in [5, 5.41) is 0. The maximum atomic E-state index is 4.92. The van der Waals surface area contributed by atoms with Gasteiger partial charge >= 0.3 is 0 Å². The monoisotopic (exact) mass is 102 g/mol. The van der Waals surface area contributed by atoms with Gasteiger partial charge in [0.25, 0.3) is 0 Å². The second-order valence-electron chi connectivity index (χ2n) is 1.06. The molecule has 6 heavy (non-hydrogen) atoms. The van der Waals surface area contributed by atoms with Crippen LogP contribution in [0, 0.1) is 0 Å². The summed E-state index contributed by atoms with van der Waals surface area (Å²) in [7, 11) is 0. The summed E-state index contributed by atoms with van der Waals surface area (Å²) in [6, 6.07) is 0. The Balaban J connectivity index is 2.16. The molecule has 0 amide bonds. The van der Waals surface area contributed by atoms with E-state index in [4.69, 9.17) is 4.74 Å². The van der Waals surface area contributed by atoms with Crippen molar-refractivity contribution >= 4 is 11.8 Å². The van der Waals surface area contributed by atoms with Crippen molar-refractivity contribution in [3.05, 3.63) is 12.7 Å². The predicted molar refractivity (Wildman–Crippen MR) is 27.5 cm³/mol. The topological polar surface area (TPSA) is 9.23 Å². The van der Waals surface area contributed by atoms with E-state index >= 15 is 0 Å². The summed E-state index contributed by atoms with van der Waals surface area (Å²) in [6.45, 7) is 3.54. The molecule has 1 rings (SSSR count). The molecule has 0 bridgehead atoms. The van der Waals surface area contributed by atoms with Crippen molar-refractivity contribution in [1.82, 2.24) is 0 Å². The quantitative estimate of drug-likeness (QED) is 0.460. The summed E-state index contributed by atoms with van der Waals surface area (Å²) in [5.41, 5.74) is 0.296. The smallest absolute Gasteiger partial charge is 0.124 e. The average molecular weight is 102 g/mol. The van der Waals surface area contributed by atoms with Gasteiger partial charge in [-0.2, -0.15) is 0 Å². The molecule has 0 saturated carbocycles. The van der Waals surface area contributed by atoms with Gasteiger partial charge in [-0.15, -0.1) is 0 Å². The zero-order valence-electron chi connectivity index (χ0n) is 3.39. The van der Waals surface area contributed by atoms with E-state index in [9.17, 15) is 0 Å². The molecule has 0 N–H and O–H groups in total. The van der Waals surface area contributed by atoms with Crippen LogP contribution in [0.15, 0.2) is 12.7 Å². The lowest BCUT2D eigenvalue weighted by atomic mass is 10.7. The van der Waals surface area contributed by atoms with E-state index in [1.807, 2.05) is 0 Å².